The second kappa shape index (κ2) is 6.48. The van der Waals surface area contributed by atoms with E-state index in [1.165, 1.54) is 18.0 Å². The van der Waals surface area contributed by atoms with Gasteiger partial charge in [-0.15, -0.1) is 0 Å². The van der Waals surface area contributed by atoms with E-state index in [1.54, 1.807) is 16.8 Å². The minimum absolute atomic E-state index is 0.117. The van der Waals surface area contributed by atoms with Crippen LogP contribution in [0.2, 0.25) is 0 Å². The number of fused-ring (bicyclic) bond motifs is 1. The smallest absolute Gasteiger partial charge is 0.223 e. The van der Waals surface area contributed by atoms with Crippen LogP contribution in [-0.2, 0) is 4.79 Å². The Hall–Kier alpha value is -3.24. The minimum Gasteiger partial charge on any atom is -0.395 e. The first kappa shape index (κ1) is 15.6. The number of amides is 1. The number of rotatable bonds is 4. The number of carbonyl (C=O) groups is 1. The van der Waals surface area contributed by atoms with E-state index in [0.29, 0.717) is 16.9 Å². The van der Waals surface area contributed by atoms with Gasteiger partial charge < -0.3 is 10.0 Å². The Kier molecular flexibility index (Phi) is 4.22. The molecule has 0 unspecified atom stereocenters. The average molecular weight is 321 g/mol. The number of aliphatic hydroxyl groups is 1. The molecule has 120 valence electrons. The highest BCUT2D eigenvalue weighted by atomic mass is 16.3. The normalized spacial score (nSPS) is 10.5. The Morgan fingerprint density at radius 2 is 2.25 bits per heavy atom. The fourth-order valence-electron chi connectivity index (χ4n) is 2.59. The Morgan fingerprint density at radius 3 is 2.96 bits per heavy atom. The van der Waals surface area contributed by atoms with Gasteiger partial charge in [-0.3, -0.25) is 4.79 Å². The van der Waals surface area contributed by atoms with Crippen LogP contribution in [0.4, 0.5) is 5.69 Å². The number of aliphatic hydroxyl groups excluding tert-OH is 1. The molecule has 7 nitrogen and oxygen atoms in total. The third-order valence-corrected chi connectivity index (χ3v) is 3.68. The van der Waals surface area contributed by atoms with Gasteiger partial charge in [0.25, 0.3) is 0 Å². The fraction of sp³-hybridized carbons (Fsp3) is 0.176. The second-order valence-electron chi connectivity index (χ2n) is 5.18. The molecular weight excluding hydrogens is 306 g/mol. The van der Waals surface area contributed by atoms with Crippen LogP contribution in [0, 0.1) is 11.3 Å². The van der Waals surface area contributed by atoms with Crippen LogP contribution in [0.1, 0.15) is 12.5 Å². The minimum atomic E-state index is -0.146. The molecule has 24 heavy (non-hydrogen) atoms. The van der Waals surface area contributed by atoms with Gasteiger partial charge in [-0.2, -0.15) is 10.4 Å². The highest BCUT2D eigenvalue weighted by molar-refractivity contribution is 5.92. The number of aromatic nitrogens is 3. The van der Waals surface area contributed by atoms with Crippen LogP contribution in [0.3, 0.4) is 0 Å². The molecule has 2 heterocycles. The summed E-state index contributed by atoms with van der Waals surface area (Å²) in [6.45, 7) is 1.57. The quantitative estimate of drug-likeness (QED) is 0.788. The topological polar surface area (TPSA) is 94.5 Å². The van der Waals surface area contributed by atoms with Crippen molar-refractivity contribution in [3.63, 3.8) is 0 Å². The van der Waals surface area contributed by atoms with E-state index in [2.05, 4.69) is 16.2 Å². The number of hydrogen-bond donors (Lipinski definition) is 1. The Balaban J connectivity index is 2.11. The fourth-order valence-corrected chi connectivity index (χ4v) is 2.59. The molecular formula is C17H15N5O2. The molecule has 0 spiro atoms. The average Bonchev–Trinajstić information content (AvgIpc) is 3.02. The van der Waals surface area contributed by atoms with Gasteiger partial charge in [0.05, 0.1) is 18.5 Å². The van der Waals surface area contributed by atoms with Crippen LogP contribution in [0.5, 0.6) is 0 Å². The highest BCUT2D eigenvalue weighted by Crippen LogP contribution is 2.25. The maximum atomic E-state index is 11.8. The van der Waals surface area contributed by atoms with Crippen molar-refractivity contribution in [2.45, 2.75) is 6.92 Å². The SMILES string of the molecule is CC(=O)N(CCO)c1cccc(-c2ccnc3c(C#N)cnn23)c1. The molecule has 0 aliphatic carbocycles. The second-order valence-corrected chi connectivity index (χ2v) is 5.18. The van der Waals surface area contributed by atoms with E-state index in [9.17, 15) is 4.79 Å². The molecule has 1 N–H and O–H groups in total. The van der Waals surface area contributed by atoms with Crippen molar-refractivity contribution < 1.29 is 9.90 Å². The van der Waals surface area contributed by atoms with Gasteiger partial charge in [-0.1, -0.05) is 12.1 Å². The van der Waals surface area contributed by atoms with Crippen molar-refractivity contribution in [1.29, 1.82) is 5.26 Å². The summed E-state index contributed by atoms with van der Waals surface area (Å²) in [5.41, 5.74) is 3.16. The zero-order chi connectivity index (χ0) is 17.1. The Bertz CT molecular complexity index is 942. The van der Waals surface area contributed by atoms with Gasteiger partial charge in [-0.05, 0) is 18.2 Å². The number of carbonyl (C=O) groups excluding carboxylic acids is 1. The first-order valence-electron chi connectivity index (χ1n) is 7.38. The standard InChI is InChI=1S/C17H15N5O2/c1-12(24)21(7-8-23)15-4-2-3-13(9-15)16-5-6-19-17-14(10-18)11-20-22(16)17/h2-6,9,11,23H,7-8H2,1H3. The van der Waals surface area contributed by atoms with Gasteiger partial charge in [0.2, 0.25) is 5.91 Å². The third-order valence-electron chi connectivity index (χ3n) is 3.68. The zero-order valence-corrected chi connectivity index (χ0v) is 13.0. The number of nitriles is 1. The largest absolute Gasteiger partial charge is 0.395 e. The molecule has 1 aromatic carbocycles. The van der Waals surface area contributed by atoms with E-state index < -0.39 is 0 Å². The lowest BCUT2D eigenvalue weighted by molar-refractivity contribution is -0.116. The number of hydrogen-bond acceptors (Lipinski definition) is 5. The third kappa shape index (κ3) is 2.71. The summed E-state index contributed by atoms with van der Waals surface area (Å²) in [5, 5.41) is 22.5. The summed E-state index contributed by atoms with van der Waals surface area (Å²) in [6, 6.07) is 11.2. The Morgan fingerprint density at radius 1 is 1.42 bits per heavy atom. The summed E-state index contributed by atoms with van der Waals surface area (Å²) in [5.74, 6) is -0.146. The van der Waals surface area contributed by atoms with Gasteiger partial charge in [0.15, 0.2) is 5.65 Å². The van der Waals surface area contributed by atoms with Crippen molar-refractivity contribution >= 4 is 17.2 Å². The monoisotopic (exact) mass is 321 g/mol. The van der Waals surface area contributed by atoms with Crippen molar-refractivity contribution in [1.82, 2.24) is 14.6 Å². The van der Waals surface area contributed by atoms with Crippen LogP contribution in [-0.4, -0.2) is 38.8 Å². The molecule has 3 rings (SSSR count). The van der Waals surface area contributed by atoms with E-state index in [-0.39, 0.29) is 19.1 Å². The summed E-state index contributed by atoms with van der Waals surface area (Å²) < 4.78 is 1.60. The van der Waals surface area contributed by atoms with Crippen molar-refractivity contribution in [3.05, 3.63) is 48.3 Å². The van der Waals surface area contributed by atoms with Gasteiger partial charge in [0.1, 0.15) is 11.6 Å². The number of nitrogens with zero attached hydrogens (tertiary/aromatic N) is 5. The molecule has 0 atom stereocenters. The predicted octanol–water partition coefficient (Wildman–Crippen LogP) is 1.61. The first-order chi connectivity index (χ1) is 11.7. The molecule has 1 amide bonds. The van der Waals surface area contributed by atoms with Gasteiger partial charge in [0, 0.05) is 30.9 Å². The van der Waals surface area contributed by atoms with E-state index in [0.717, 1.165) is 11.3 Å². The Labute approximate surface area is 138 Å². The summed E-state index contributed by atoms with van der Waals surface area (Å²) in [6.07, 6.45) is 3.10. The van der Waals surface area contributed by atoms with Crippen LogP contribution in [0.25, 0.3) is 16.9 Å². The molecule has 0 saturated carbocycles. The van der Waals surface area contributed by atoms with Crippen molar-refractivity contribution in [2.24, 2.45) is 0 Å². The maximum absolute atomic E-state index is 11.8. The molecule has 0 radical (unpaired) electrons. The molecule has 0 bridgehead atoms. The summed E-state index contributed by atoms with van der Waals surface area (Å²) in [4.78, 5) is 17.5. The molecule has 7 heteroatoms. The van der Waals surface area contributed by atoms with E-state index >= 15 is 0 Å². The molecule has 0 aliphatic heterocycles. The van der Waals surface area contributed by atoms with Gasteiger partial charge in [-0.25, -0.2) is 9.50 Å². The van der Waals surface area contributed by atoms with Crippen LogP contribution >= 0.6 is 0 Å². The maximum Gasteiger partial charge on any atom is 0.223 e. The first-order valence-corrected chi connectivity index (χ1v) is 7.38. The van der Waals surface area contributed by atoms with Crippen LogP contribution < -0.4 is 4.90 Å². The van der Waals surface area contributed by atoms with E-state index in [1.807, 2.05) is 24.3 Å². The van der Waals surface area contributed by atoms with E-state index in [4.69, 9.17) is 10.4 Å². The van der Waals surface area contributed by atoms with Crippen molar-refractivity contribution in [2.75, 3.05) is 18.1 Å². The molecule has 2 aromatic heterocycles. The molecule has 0 aliphatic rings. The lowest BCUT2D eigenvalue weighted by Crippen LogP contribution is -2.31. The summed E-state index contributed by atoms with van der Waals surface area (Å²) in [7, 11) is 0. The molecule has 0 fully saturated rings. The van der Waals surface area contributed by atoms with Crippen LogP contribution in [0.15, 0.2) is 42.7 Å². The number of benzene rings is 1. The lowest BCUT2D eigenvalue weighted by atomic mass is 10.1. The zero-order valence-electron chi connectivity index (χ0n) is 13.0. The highest BCUT2D eigenvalue weighted by Gasteiger charge is 2.14. The van der Waals surface area contributed by atoms with Crippen molar-refractivity contribution in [3.8, 4) is 17.3 Å². The van der Waals surface area contributed by atoms with Gasteiger partial charge >= 0.3 is 0 Å². The lowest BCUT2D eigenvalue weighted by Gasteiger charge is -2.20. The molecule has 3 aromatic rings. The number of anilines is 1. The summed E-state index contributed by atoms with van der Waals surface area (Å²) >= 11 is 0. The predicted molar refractivity (Wildman–Crippen MR) is 88.3 cm³/mol. The molecule has 0 saturated heterocycles.